The molecule has 0 saturated carbocycles. The zero-order chi connectivity index (χ0) is 16.2. The smallest absolute Gasteiger partial charge is 0.297 e. The molecule has 0 fully saturated rings. The van der Waals surface area contributed by atoms with Crippen LogP contribution in [0.3, 0.4) is 0 Å². The second-order valence-corrected chi connectivity index (χ2v) is 6.32. The van der Waals surface area contributed by atoms with Crippen molar-refractivity contribution in [1.29, 1.82) is 0 Å². The molecular weight excluding hydrogens is 304 g/mol. The van der Waals surface area contributed by atoms with Crippen LogP contribution < -0.4 is 9.47 Å². The third-order valence-electron chi connectivity index (χ3n) is 3.17. The Morgan fingerprint density at radius 2 is 1.64 bits per heavy atom. The summed E-state index contributed by atoms with van der Waals surface area (Å²) in [5, 5.41) is 0. The van der Waals surface area contributed by atoms with Crippen LogP contribution in [0.25, 0.3) is 0 Å². The molecule has 0 saturated heterocycles. The summed E-state index contributed by atoms with van der Waals surface area (Å²) in [6, 6.07) is 11.6. The quantitative estimate of drug-likeness (QED) is 0.765. The van der Waals surface area contributed by atoms with Crippen LogP contribution in [0.1, 0.15) is 11.1 Å². The van der Waals surface area contributed by atoms with Crippen molar-refractivity contribution < 1.29 is 22.1 Å². The van der Waals surface area contributed by atoms with Crippen LogP contribution in [0.15, 0.2) is 47.4 Å². The second-order valence-electron chi connectivity index (χ2n) is 4.71. The van der Waals surface area contributed by atoms with Crippen LogP contribution in [0.4, 0.5) is 0 Å². The lowest BCUT2D eigenvalue weighted by molar-refractivity contribution is 0.298. The van der Waals surface area contributed by atoms with E-state index >= 15 is 0 Å². The molecule has 0 spiro atoms. The van der Waals surface area contributed by atoms with E-state index in [1.54, 1.807) is 37.4 Å². The van der Waals surface area contributed by atoms with Crippen molar-refractivity contribution in [2.24, 2.45) is 0 Å². The molecule has 118 valence electrons. The molecule has 0 radical (unpaired) electrons. The zero-order valence-corrected chi connectivity index (χ0v) is 13.5. The van der Waals surface area contributed by atoms with Crippen molar-refractivity contribution in [3.63, 3.8) is 0 Å². The summed E-state index contributed by atoms with van der Waals surface area (Å²) in [6.07, 6.45) is 0. The minimum absolute atomic E-state index is 0.108. The summed E-state index contributed by atoms with van der Waals surface area (Å²) in [5.41, 5.74) is 1.61. The molecule has 0 aliphatic heterocycles. The lowest BCUT2D eigenvalue weighted by Gasteiger charge is -2.11. The summed E-state index contributed by atoms with van der Waals surface area (Å²) in [7, 11) is -0.748. The van der Waals surface area contributed by atoms with E-state index in [0.29, 0.717) is 17.1 Å². The fourth-order valence-electron chi connectivity index (χ4n) is 1.89. The van der Waals surface area contributed by atoms with E-state index in [1.807, 2.05) is 6.92 Å². The summed E-state index contributed by atoms with van der Waals surface area (Å²) >= 11 is 0. The Hall–Kier alpha value is -2.05. The molecule has 22 heavy (non-hydrogen) atoms. The Morgan fingerprint density at radius 3 is 2.23 bits per heavy atom. The molecule has 0 aromatic heterocycles. The molecule has 2 aromatic carbocycles. The Balaban J connectivity index is 2.17. The Kier molecular flexibility index (Phi) is 5.05. The monoisotopic (exact) mass is 322 g/mol. The van der Waals surface area contributed by atoms with Gasteiger partial charge in [-0.2, -0.15) is 8.42 Å². The maximum absolute atomic E-state index is 12.2. The minimum Gasteiger partial charge on any atom is -0.497 e. The number of benzene rings is 2. The molecule has 0 aliphatic rings. The molecule has 0 amide bonds. The third kappa shape index (κ3) is 3.78. The van der Waals surface area contributed by atoms with Crippen LogP contribution in [0.5, 0.6) is 11.5 Å². The van der Waals surface area contributed by atoms with Gasteiger partial charge in [-0.1, -0.05) is 17.7 Å². The van der Waals surface area contributed by atoms with Crippen molar-refractivity contribution >= 4 is 10.1 Å². The van der Waals surface area contributed by atoms with Gasteiger partial charge in [-0.15, -0.1) is 0 Å². The molecule has 0 atom stereocenters. The van der Waals surface area contributed by atoms with Crippen LogP contribution in [-0.4, -0.2) is 22.6 Å². The van der Waals surface area contributed by atoms with Gasteiger partial charge in [0.15, 0.2) is 0 Å². The molecular formula is C16H18O5S. The van der Waals surface area contributed by atoms with Gasteiger partial charge in [0.2, 0.25) is 0 Å². The summed E-state index contributed by atoms with van der Waals surface area (Å²) in [6.45, 7) is 1.78. The molecule has 2 aromatic rings. The number of aryl methyl sites for hydroxylation is 1. The molecule has 0 aliphatic carbocycles. The van der Waals surface area contributed by atoms with E-state index in [9.17, 15) is 8.42 Å². The Bertz CT molecular complexity index is 736. The predicted octanol–water partition coefficient (Wildman–Crippen LogP) is 2.92. The maximum Gasteiger partial charge on any atom is 0.297 e. The first-order valence-corrected chi connectivity index (χ1v) is 8.04. The van der Waals surface area contributed by atoms with Crippen LogP contribution in [0, 0.1) is 6.92 Å². The van der Waals surface area contributed by atoms with E-state index in [0.717, 1.165) is 5.56 Å². The average Bonchev–Trinajstić information content (AvgIpc) is 2.53. The predicted molar refractivity (Wildman–Crippen MR) is 82.7 cm³/mol. The van der Waals surface area contributed by atoms with E-state index in [1.165, 1.54) is 19.2 Å². The normalized spacial score (nSPS) is 11.2. The average molecular weight is 322 g/mol. The number of hydrogen-bond acceptors (Lipinski definition) is 5. The molecule has 6 heteroatoms. The first-order chi connectivity index (χ1) is 10.5. The van der Waals surface area contributed by atoms with Gasteiger partial charge in [-0.05, 0) is 31.2 Å². The van der Waals surface area contributed by atoms with Crippen molar-refractivity contribution in [2.45, 2.75) is 18.4 Å². The van der Waals surface area contributed by atoms with E-state index in [-0.39, 0.29) is 11.5 Å². The van der Waals surface area contributed by atoms with Gasteiger partial charge in [-0.25, -0.2) is 0 Å². The SMILES string of the molecule is COc1ccc(COS(=O)(=O)c2ccc(C)cc2)c(OC)c1. The summed E-state index contributed by atoms with van der Waals surface area (Å²) in [4.78, 5) is 0.130. The van der Waals surface area contributed by atoms with Gasteiger partial charge >= 0.3 is 0 Å². The van der Waals surface area contributed by atoms with Crippen LogP contribution in [0.2, 0.25) is 0 Å². The Labute approximate surface area is 130 Å². The van der Waals surface area contributed by atoms with Gasteiger partial charge < -0.3 is 9.47 Å². The highest BCUT2D eigenvalue weighted by molar-refractivity contribution is 7.86. The van der Waals surface area contributed by atoms with Crippen LogP contribution >= 0.6 is 0 Å². The fraction of sp³-hybridized carbons (Fsp3) is 0.250. The van der Waals surface area contributed by atoms with Gasteiger partial charge in [0, 0.05) is 11.6 Å². The summed E-state index contributed by atoms with van der Waals surface area (Å²) in [5.74, 6) is 1.14. The zero-order valence-electron chi connectivity index (χ0n) is 12.7. The molecule has 2 rings (SSSR count). The van der Waals surface area contributed by atoms with Gasteiger partial charge in [0.05, 0.1) is 25.7 Å². The number of ether oxygens (including phenoxy) is 2. The van der Waals surface area contributed by atoms with Gasteiger partial charge in [-0.3, -0.25) is 4.18 Å². The largest absolute Gasteiger partial charge is 0.497 e. The number of rotatable bonds is 6. The maximum atomic E-state index is 12.2. The van der Waals surface area contributed by atoms with E-state index < -0.39 is 10.1 Å². The molecule has 0 bridgehead atoms. The van der Waals surface area contributed by atoms with Gasteiger partial charge in [0.25, 0.3) is 10.1 Å². The van der Waals surface area contributed by atoms with E-state index in [2.05, 4.69) is 0 Å². The minimum atomic E-state index is -3.80. The lowest BCUT2D eigenvalue weighted by Crippen LogP contribution is -2.07. The molecule has 0 heterocycles. The van der Waals surface area contributed by atoms with Crippen molar-refractivity contribution in [3.05, 3.63) is 53.6 Å². The standard InChI is InChI=1S/C16H18O5S/c1-12-4-8-15(9-5-12)22(17,18)21-11-13-6-7-14(19-2)10-16(13)20-3/h4-10H,11H2,1-3H3. The highest BCUT2D eigenvalue weighted by Crippen LogP contribution is 2.26. The van der Waals surface area contributed by atoms with E-state index in [4.69, 9.17) is 13.7 Å². The highest BCUT2D eigenvalue weighted by Gasteiger charge is 2.16. The molecule has 0 N–H and O–H groups in total. The summed E-state index contributed by atoms with van der Waals surface area (Å²) < 4.78 is 39.7. The fourth-order valence-corrected chi connectivity index (χ4v) is 2.77. The van der Waals surface area contributed by atoms with Crippen molar-refractivity contribution in [3.8, 4) is 11.5 Å². The first-order valence-electron chi connectivity index (χ1n) is 6.63. The molecule has 0 unspecified atom stereocenters. The first kappa shape index (κ1) is 16.3. The number of methoxy groups -OCH3 is 2. The topological polar surface area (TPSA) is 61.8 Å². The highest BCUT2D eigenvalue weighted by atomic mass is 32.2. The van der Waals surface area contributed by atoms with Crippen molar-refractivity contribution in [2.75, 3.05) is 14.2 Å². The Morgan fingerprint density at radius 1 is 0.955 bits per heavy atom. The van der Waals surface area contributed by atoms with Gasteiger partial charge in [0.1, 0.15) is 11.5 Å². The molecule has 5 nitrogen and oxygen atoms in total. The van der Waals surface area contributed by atoms with Crippen LogP contribution in [-0.2, 0) is 20.9 Å². The second kappa shape index (κ2) is 6.81. The van der Waals surface area contributed by atoms with Crippen molar-refractivity contribution in [1.82, 2.24) is 0 Å². The third-order valence-corrected chi connectivity index (χ3v) is 4.45. The lowest BCUT2D eigenvalue weighted by atomic mass is 10.2. The number of hydrogen-bond donors (Lipinski definition) is 0.